The smallest absolute Gasteiger partial charge is 0.261 e. The Labute approximate surface area is 157 Å². The second-order valence-corrected chi connectivity index (χ2v) is 8.88. The molecular weight excluding hydrogens is 371 g/mol. The summed E-state index contributed by atoms with van der Waals surface area (Å²) in [6.07, 6.45) is 5.98. The fourth-order valence-electron chi connectivity index (χ4n) is 3.25. The van der Waals surface area contributed by atoms with Crippen LogP contribution in [0.15, 0.2) is 52.3 Å². The summed E-state index contributed by atoms with van der Waals surface area (Å²) >= 11 is 0.816. The zero-order valence-electron chi connectivity index (χ0n) is 14.1. The fourth-order valence-corrected chi connectivity index (χ4v) is 4.72. The number of hydrogen-bond acceptors (Lipinski definition) is 4. The van der Waals surface area contributed by atoms with E-state index in [1.165, 1.54) is 31.4 Å². The number of anilines is 1. The SMILES string of the molecule is N#CSc1ccc(NS(=O)(=O)c2ccc(C3CCCCC3)cc2)c(F)c1. The number of hydrogen-bond donors (Lipinski definition) is 1. The molecule has 0 aliphatic heterocycles. The molecule has 26 heavy (non-hydrogen) atoms. The molecule has 0 bridgehead atoms. The lowest BCUT2D eigenvalue weighted by molar-refractivity contribution is 0.443. The molecule has 0 spiro atoms. The molecule has 1 aliphatic carbocycles. The van der Waals surface area contributed by atoms with E-state index in [1.807, 2.05) is 17.5 Å². The largest absolute Gasteiger partial charge is 0.277 e. The monoisotopic (exact) mass is 390 g/mol. The third-order valence-corrected chi connectivity index (χ3v) is 6.58. The molecule has 7 heteroatoms. The first kappa shape index (κ1) is 18.7. The Kier molecular flexibility index (Phi) is 5.84. The van der Waals surface area contributed by atoms with Crippen LogP contribution in [0.25, 0.3) is 0 Å². The first-order valence-corrected chi connectivity index (χ1v) is 10.8. The van der Waals surface area contributed by atoms with Crippen molar-refractivity contribution in [2.24, 2.45) is 0 Å². The topological polar surface area (TPSA) is 70.0 Å². The molecule has 0 saturated heterocycles. The van der Waals surface area contributed by atoms with E-state index in [4.69, 9.17) is 5.26 Å². The number of benzene rings is 2. The lowest BCUT2D eigenvalue weighted by Crippen LogP contribution is -2.14. The first-order chi connectivity index (χ1) is 12.5. The Morgan fingerprint density at radius 1 is 1.08 bits per heavy atom. The highest BCUT2D eigenvalue weighted by Crippen LogP contribution is 2.33. The molecule has 3 rings (SSSR count). The molecule has 1 aliphatic rings. The molecule has 4 nitrogen and oxygen atoms in total. The van der Waals surface area contributed by atoms with Crippen LogP contribution in [-0.4, -0.2) is 8.42 Å². The van der Waals surface area contributed by atoms with Crippen molar-refractivity contribution in [1.82, 2.24) is 0 Å². The Hall–Kier alpha value is -2.04. The van der Waals surface area contributed by atoms with Gasteiger partial charge < -0.3 is 0 Å². The number of nitriles is 1. The van der Waals surface area contributed by atoms with Gasteiger partial charge in [-0.15, -0.1) is 0 Å². The van der Waals surface area contributed by atoms with Crippen LogP contribution < -0.4 is 4.72 Å². The molecule has 0 radical (unpaired) electrons. The molecule has 0 amide bonds. The standard InChI is InChI=1S/C19H19FN2O2S2/c20-18-12-16(25-13-21)8-11-19(18)22-26(23,24)17-9-6-15(7-10-17)14-4-2-1-3-5-14/h6-12,14,22H,1-5H2. The number of thioether (sulfide) groups is 1. The highest BCUT2D eigenvalue weighted by atomic mass is 32.2. The highest BCUT2D eigenvalue weighted by molar-refractivity contribution is 8.03. The number of rotatable bonds is 5. The van der Waals surface area contributed by atoms with E-state index in [2.05, 4.69) is 4.72 Å². The average Bonchev–Trinajstić information content (AvgIpc) is 2.65. The molecule has 1 saturated carbocycles. The van der Waals surface area contributed by atoms with E-state index in [1.54, 1.807) is 12.1 Å². The average molecular weight is 391 g/mol. The highest BCUT2D eigenvalue weighted by Gasteiger charge is 2.19. The van der Waals surface area contributed by atoms with Gasteiger partial charge in [-0.3, -0.25) is 4.72 Å². The summed E-state index contributed by atoms with van der Waals surface area (Å²) in [4.78, 5) is 0.525. The number of nitrogens with one attached hydrogen (secondary N) is 1. The maximum atomic E-state index is 14.1. The molecule has 0 heterocycles. The number of nitrogens with zero attached hydrogens (tertiary/aromatic N) is 1. The zero-order chi connectivity index (χ0) is 18.6. The number of sulfonamides is 1. The van der Waals surface area contributed by atoms with E-state index in [0.29, 0.717) is 10.8 Å². The Bertz CT molecular complexity index is 916. The van der Waals surface area contributed by atoms with E-state index in [-0.39, 0.29) is 10.6 Å². The van der Waals surface area contributed by atoms with Crippen LogP contribution in [0.3, 0.4) is 0 Å². The summed E-state index contributed by atoms with van der Waals surface area (Å²) in [7, 11) is -3.87. The van der Waals surface area contributed by atoms with Crippen molar-refractivity contribution >= 4 is 27.5 Å². The molecule has 2 aromatic rings. The van der Waals surface area contributed by atoms with Crippen molar-refractivity contribution in [2.75, 3.05) is 4.72 Å². The van der Waals surface area contributed by atoms with Crippen LogP contribution in [0.2, 0.25) is 0 Å². The van der Waals surface area contributed by atoms with Crippen molar-refractivity contribution in [3.8, 4) is 5.40 Å². The van der Waals surface area contributed by atoms with Crippen molar-refractivity contribution < 1.29 is 12.8 Å². The molecular formula is C19H19FN2O2S2. The van der Waals surface area contributed by atoms with Gasteiger partial charge in [-0.05, 0) is 66.4 Å². The molecule has 1 fully saturated rings. The molecule has 1 N–H and O–H groups in total. The van der Waals surface area contributed by atoms with Crippen LogP contribution in [0, 0.1) is 16.5 Å². The number of thiocyanates is 1. The minimum Gasteiger partial charge on any atom is -0.277 e. The first-order valence-electron chi connectivity index (χ1n) is 8.48. The van der Waals surface area contributed by atoms with Crippen LogP contribution in [-0.2, 0) is 10.0 Å². The van der Waals surface area contributed by atoms with Gasteiger partial charge in [0.2, 0.25) is 0 Å². The second-order valence-electron chi connectivity index (χ2n) is 6.34. The third-order valence-electron chi connectivity index (χ3n) is 4.62. The Morgan fingerprint density at radius 2 is 1.77 bits per heavy atom. The van der Waals surface area contributed by atoms with E-state index < -0.39 is 15.8 Å². The van der Waals surface area contributed by atoms with Gasteiger partial charge in [-0.2, -0.15) is 5.26 Å². The van der Waals surface area contributed by atoms with Gasteiger partial charge in [0.25, 0.3) is 10.0 Å². The molecule has 2 aromatic carbocycles. The molecule has 0 atom stereocenters. The maximum absolute atomic E-state index is 14.1. The number of halogens is 1. The summed E-state index contributed by atoms with van der Waals surface area (Å²) in [5, 5.41) is 10.5. The quantitative estimate of drug-likeness (QED) is 0.559. The van der Waals surface area contributed by atoms with Crippen LogP contribution in [0.4, 0.5) is 10.1 Å². The van der Waals surface area contributed by atoms with E-state index in [0.717, 1.165) is 36.2 Å². The Morgan fingerprint density at radius 3 is 2.38 bits per heavy atom. The minimum atomic E-state index is -3.87. The van der Waals surface area contributed by atoms with E-state index >= 15 is 0 Å². The van der Waals surface area contributed by atoms with Gasteiger partial charge in [-0.1, -0.05) is 31.4 Å². The van der Waals surface area contributed by atoms with Crippen molar-refractivity contribution in [3.05, 3.63) is 53.8 Å². The lowest BCUT2D eigenvalue weighted by Gasteiger charge is -2.22. The van der Waals surface area contributed by atoms with Crippen molar-refractivity contribution in [2.45, 2.75) is 47.8 Å². The van der Waals surface area contributed by atoms with Gasteiger partial charge >= 0.3 is 0 Å². The predicted octanol–water partition coefficient (Wildman–Crippen LogP) is 5.25. The molecule has 0 unspecified atom stereocenters. The summed E-state index contributed by atoms with van der Waals surface area (Å²) in [5.41, 5.74) is 1.02. The maximum Gasteiger partial charge on any atom is 0.261 e. The summed E-state index contributed by atoms with van der Waals surface area (Å²) < 4.78 is 41.4. The van der Waals surface area contributed by atoms with Gasteiger partial charge in [0.1, 0.15) is 11.2 Å². The zero-order valence-corrected chi connectivity index (χ0v) is 15.7. The van der Waals surface area contributed by atoms with Crippen molar-refractivity contribution in [3.63, 3.8) is 0 Å². The second kappa shape index (κ2) is 8.11. The van der Waals surface area contributed by atoms with Crippen LogP contribution >= 0.6 is 11.8 Å². The lowest BCUT2D eigenvalue weighted by atomic mass is 9.84. The van der Waals surface area contributed by atoms with Crippen molar-refractivity contribution in [1.29, 1.82) is 5.26 Å². The summed E-state index contributed by atoms with van der Waals surface area (Å²) in [5.74, 6) is -0.219. The minimum absolute atomic E-state index is 0.104. The third kappa shape index (κ3) is 4.37. The van der Waals surface area contributed by atoms with Gasteiger partial charge in [0, 0.05) is 4.90 Å². The van der Waals surface area contributed by atoms with Gasteiger partial charge in [0.05, 0.1) is 10.6 Å². The van der Waals surface area contributed by atoms with E-state index in [9.17, 15) is 12.8 Å². The predicted molar refractivity (Wildman–Crippen MR) is 101 cm³/mol. The molecule has 0 aromatic heterocycles. The summed E-state index contributed by atoms with van der Waals surface area (Å²) in [6.45, 7) is 0. The summed E-state index contributed by atoms with van der Waals surface area (Å²) in [6, 6.07) is 10.8. The van der Waals surface area contributed by atoms with Gasteiger partial charge in [-0.25, -0.2) is 12.8 Å². The Balaban J connectivity index is 1.76. The normalized spacial score (nSPS) is 15.4. The van der Waals surface area contributed by atoms with Crippen LogP contribution in [0.5, 0.6) is 0 Å². The van der Waals surface area contributed by atoms with Gasteiger partial charge in [0.15, 0.2) is 0 Å². The molecule has 136 valence electrons. The van der Waals surface area contributed by atoms with Crippen LogP contribution in [0.1, 0.15) is 43.6 Å². The fraction of sp³-hybridized carbons (Fsp3) is 0.316.